The van der Waals surface area contributed by atoms with Crippen LogP contribution in [0.5, 0.6) is 11.5 Å². The summed E-state index contributed by atoms with van der Waals surface area (Å²) < 4.78 is 11.3. The van der Waals surface area contributed by atoms with Gasteiger partial charge in [0.15, 0.2) is 0 Å². The number of hydrogen-bond acceptors (Lipinski definition) is 7. The molecule has 1 heterocycles. The van der Waals surface area contributed by atoms with Crippen LogP contribution >= 0.6 is 0 Å². The summed E-state index contributed by atoms with van der Waals surface area (Å²) in [5.74, 6) is -0.697. The van der Waals surface area contributed by atoms with E-state index in [1.165, 1.54) is 30.3 Å². The first-order valence-electron chi connectivity index (χ1n) is 10.9. The number of imide groups is 2. The molecule has 1 aliphatic heterocycles. The molecular formula is C26H21N3O7. The Bertz CT molecular complexity index is 1370. The number of urea groups is 1. The molecule has 0 aromatic heterocycles. The molecule has 3 aromatic carbocycles. The van der Waals surface area contributed by atoms with Crippen molar-refractivity contribution >= 4 is 35.3 Å². The number of non-ortho nitro benzene ring substituents is 1. The normalized spacial score (nSPS) is 14.5. The van der Waals surface area contributed by atoms with Crippen LogP contribution < -0.4 is 19.7 Å². The van der Waals surface area contributed by atoms with E-state index in [1.807, 2.05) is 13.0 Å². The highest BCUT2D eigenvalue weighted by Gasteiger charge is 2.37. The van der Waals surface area contributed by atoms with Crippen molar-refractivity contribution < 1.29 is 28.8 Å². The molecular weight excluding hydrogens is 466 g/mol. The van der Waals surface area contributed by atoms with Crippen molar-refractivity contribution in [3.63, 3.8) is 0 Å². The van der Waals surface area contributed by atoms with Crippen LogP contribution in [-0.2, 0) is 9.59 Å². The van der Waals surface area contributed by atoms with Gasteiger partial charge >= 0.3 is 6.03 Å². The van der Waals surface area contributed by atoms with Gasteiger partial charge in [0.1, 0.15) is 30.3 Å². The highest BCUT2D eigenvalue weighted by Crippen LogP contribution is 2.26. The molecule has 1 aliphatic rings. The first-order valence-corrected chi connectivity index (χ1v) is 10.9. The van der Waals surface area contributed by atoms with Gasteiger partial charge in [-0.1, -0.05) is 30.3 Å². The van der Waals surface area contributed by atoms with Crippen LogP contribution in [0.2, 0.25) is 0 Å². The molecule has 0 radical (unpaired) electrons. The molecule has 0 unspecified atom stereocenters. The van der Waals surface area contributed by atoms with Crippen LogP contribution in [0.1, 0.15) is 11.1 Å². The third-order valence-corrected chi connectivity index (χ3v) is 5.24. The number of nitro benzene ring substituents is 1. The fraction of sp³-hybridized carbons (Fsp3) is 0.115. The monoisotopic (exact) mass is 487 g/mol. The summed E-state index contributed by atoms with van der Waals surface area (Å²) in [7, 11) is 0. The zero-order valence-electron chi connectivity index (χ0n) is 19.2. The second-order valence-corrected chi connectivity index (χ2v) is 7.78. The molecule has 36 heavy (non-hydrogen) atoms. The van der Waals surface area contributed by atoms with Crippen molar-refractivity contribution in [2.75, 3.05) is 18.1 Å². The molecule has 10 nitrogen and oxygen atoms in total. The lowest BCUT2D eigenvalue weighted by molar-refractivity contribution is -0.384. The number of carbonyl (C=O) groups is 3. The smallest absolute Gasteiger partial charge is 0.335 e. The Morgan fingerprint density at radius 3 is 2.39 bits per heavy atom. The Balaban J connectivity index is 1.47. The van der Waals surface area contributed by atoms with E-state index < -0.39 is 22.8 Å². The molecule has 3 aromatic rings. The number of ether oxygens (including phenoxy) is 2. The maximum Gasteiger partial charge on any atom is 0.335 e. The van der Waals surface area contributed by atoms with E-state index in [0.717, 1.165) is 10.5 Å². The first kappa shape index (κ1) is 24.1. The van der Waals surface area contributed by atoms with Crippen molar-refractivity contribution in [3.8, 4) is 11.5 Å². The van der Waals surface area contributed by atoms with Crippen molar-refractivity contribution in [1.82, 2.24) is 5.32 Å². The van der Waals surface area contributed by atoms with Crippen LogP contribution in [-0.4, -0.2) is 36.0 Å². The van der Waals surface area contributed by atoms with Crippen LogP contribution in [0.25, 0.3) is 6.08 Å². The van der Waals surface area contributed by atoms with Crippen LogP contribution in [0.15, 0.2) is 78.4 Å². The number of amides is 4. The third kappa shape index (κ3) is 5.39. The second-order valence-electron chi connectivity index (χ2n) is 7.78. The Morgan fingerprint density at radius 2 is 1.67 bits per heavy atom. The lowest BCUT2D eigenvalue weighted by Gasteiger charge is -2.26. The average molecular weight is 487 g/mol. The molecule has 10 heteroatoms. The maximum atomic E-state index is 13.1. The van der Waals surface area contributed by atoms with E-state index in [2.05, 4.69) is 5.32 Å². The highest BCUT2D eigenvalue weighted by molar-refractivity contribution is 6.39. The van der Waals surface area contributed by atoms with Gasteiger partial charge in [0.25, 0.3) is 17.5 Å². The molecule has 0 aliphatic carbocycles. The molecule has 0 atom stereocenters. The fourth-order valence-corrected chi connectivity index (χ4v) is 3.52. The summed E-state index contributed by atoms with van der Waals surface area (Å²) >= 11 is 0. The van der Waals surface area contributed by atoms with Gasteiger partial charge in [0.2, 0.25) is 0 Å². The molecule has 4 rings (SSSR count). The SMILES string of the molecule is Cc1cccc(N2C(=O)NC(=O)C(=Cc3ccccc3OCCOc3ccc([N+](=O)[O-])cc3)C2=O)c1. The largest absolute Gasteiger partial charge is 0.490 e. The number of carbonyl (C=O) groups excluding carboxylic acids is 3. The van der Waals surface area contributed by atoms with Gasteiger partial charge in [-0.25, -0.2) is 9.69 Å². The Labute approximate surface area is 205 Å². The topological polar surface area (TPSA) is 128 Å². The number of nitrogens with one attached hydrogen (secondary N) is 1. The zero-order valence-corrected chi connectivity index (χ0v) is 19.2. The molecule has 1 N–H and O–H groups in total. The minimum atomic E-state index is -0.819. The van der Waals surface area contributed by atoms with Crippen LogP contribution in [0, 0.1) is 17.0 Å². The van der Waals surface area contributed by atoms with Gasteiger partial charge in [0.05, 0.1) is 10.6 Å². The van der Waals surface area contributed by atoms with Crippen molar-refractivity contribution in [2.45, 2.75) is 6.92 Å². The third-order valence-electron chi connectivity index (χ3n) is 5.24. The summed E-state index contributed by atoms with van der Waals surface area (Å²) in [6, 6.07) is 18.5. The number of anilines is 1. The molecule has 4 amide bonds. The number of aryl methyl sites for hydroxylation is 1. The van der Waals surface area contributed by atoms with E-state index in [9.17, 15) is 24.5 Å². The number of nitrogens with zero attached hydrogens (tertiary/aromatic N) is 2. The molecule has 182 valence electrons. The lowest BCUT2D eigenvalue weighted by Crippen LogP contribution is -2.54. The van der Waals surface area contributed by atoms with Crippen molar-refractivity contribution in [2.24, 2.45) is 0 Å². The summed E-state index contributed by atoms with van der Waals surface area (Å²) in [6.45, 7) is 2.11. The van der Waals surface area contributed by atoms with Gasteiger partial charge in [0, 0.05) is 17.7 Å². The van der Waals surface area contributed by atoms with Gasteiger partial charge in [-0.2, -0.15) is 0 Å². The van der Waals surface area contributed by atoms with E-state index in [0.29, 0.717) is 22.7 Å². The summed E-state index contributed by atoms with van der Waals surface area (Å²) in [5.41, 5.74) is 1.41. The lowest BCUT2D eigenvalue weighted by atomic mass is 10.1. The van der Waals surface area contributed by atoms with Gasteiger partial charge < -0.3 is 9.47 Å². The number of benzene rings is 3. The van der Waals surface area contributed by atoms with E-state index in [4.69, 9.17) is 9.47 Å². The van der Waals surface area contributed by atoms with Gasteiger partial charge in [-0.05, 0) is 48.9 Å². The fourth-order valence-electron chi connectivity index (χ4n) is 3.52. The molecule has 0 bridgehead atoms. The second kappa shape index (κ2) is 10.5. The standard InChI is InChI=1S/C26H21N3O7/c1-17-5-4-7-20(15-17)28-25(31)22(24(30)27-26(28)32)16-18-6-2-3-8-23(18)36-14-13-35-21-11-9-19(10-12-21)29(33)34/h2-12,15-16H,13-14H2,1H3,(H,27,30,32). The van der Waals surface area contributed by atoms with E-state index in [-0.39, 0.29) is 24.5 Å². The number of nitro groups is 1. The minimum absolute atomic E-state index is 0.0375. The van der Waals surface area contributed by atoms with Crippen molar-refractivity contribution in [1.29, 1.82) is 0 Å². The quantitative estimate of drug-likeness (QED) is 0.167. The van der Waals surface area contributed by atoms with Crippen LogP contribution in [0.3, 0.4) is 0 Å². The molecule has 0 saturated carbocycles. The van der Waals surface area contributed by atoms with Crippen molar-refractivity contribution in [3.05, 3.63) is 99.6 Å². The number of para-hydroxylation sites is 1. The zero-order chi connectivity index (χ0) is 25.7. The summed E-state index contributed by atoms with van der Waals surface area (Å²) in [6.07, 6.45) is 1.37. The predicted octanol–water partition coefficient (Wildman–Crippen LogP) is 4.03. The van der Waals surface area contributed by atoms with E-state index >= 15 is 0 Å². The van der Waals surface area contributed by atoms with Gasteiger partial charge in [-0.15, -0.1) is 0 Å². The Kier molecular flexibility index (Phi) is 7.05. The maximum absolute atomic E-state index is 13.1. The van der Waals surface area contributed by atoms with Gasteiger partial charge in [-0.3, -0.25) is 25.0 Å². The predicted molar refractivity (Wildman–Crippen MR) is 131 cm³/mol. The first-order chi connectivity index (χ1) is 17.3. The number of barbiturate groups is 1. The number of hydrogen-bond donors (Lipinski definition) is 1. The van der Waals surface area contributed by atoms with E-state index in [1.54, 1.807) is 42.5 Å². The molecule has 0 spiro atoms. The summed E-state index contributed by atoms with van der Waals surface area (Å²) in [4.78, 5) is 49.2. The Hall–Kier alpha value is -4.99. The molecule has 1 saturated heterocycles. The van der Waals surface area contributed by atoms with Crippen LogP contribution in [0.4, 0.5) is 16.2 Å². The summed E-state index contributed by atoms with van der Waals surface area (Å²) in [5, 5.41) is 12.9. The Morgan fingerprint density at radius 1 is 0.944 bits per heavy atom. The molecule has 1 fully saturated rings. The highest BCUT2D eigenvalue weighted by atomic mass is 16.6. The minimum Gasteiger partial charge on any atom is -0.490 e. The average Bonchev–Trinajstić information content (AvgIpc) is 2.85. The number of rotatable bonds is 8.